The van der Waals surface area contributed by atoms with Crippen molar-refractivity contribution in [3.8, 4) is 0 Å². The van der Waals surface area contributed by atoms with E-state index in [4.69, 9.17) is 4.74 Å². The highest BCUT2D eigenvalue weighted by atomic mass is 32.1. The lowest BCUT2D eigenvalue weighted by atomic mass is 9.90. The van der Waals surface area contributed by atoms with Crippen molar-refractivity contribution in [3.05, 3.63) is 61.8 Å². The minimum absolute atomic E-state index is 0.000817. The second-order valence-corrected chi connectivity index (χ2v) is 7.76. The van der Waals surface area contributed by atoms with E-state index in [2.05, 4.69) is 4.98 Å². The number of fused-ring (bicyclic) bond motifs is 2. The Kier molecular flexibility index (Phi) is 4.48. The van der Waals surface area contributed by atoms with Crippen molar-refractivity contribution in [1.29, 1.82) is 0 Å². The van der Waals surface area contributed by atoms with Gasteiger partial charge in [-0.05, 0) is 38.5 Å². The van der Waals surface area contributed by atoms with E-state index in [1.54, 1.807) is 20.8 Å². The summed E-state index contributed by atoms with van der Waals surface area (Å²) in [5.74, 6) is -1.69. The van der Waals surface area contributed by atoms with Crippen LogP contribution in [-0.2, 0) is 9.53 Å². The second-order valence-electron chi connectivity index (χ2n) is 6.73. The molecule has 0 aromatic carbocycles. The van der Waals surface area contributed by atoms with E-state index < -0.39 is 28.1 Å². The molecule has 8 nitrogen and oxygen atoms in total. The van der Waals surface area contributed by atoms with Gasteiger partial charge in [0.2, 0.25) is 11.6 Å². The Morgan fingerprint density at radius 1 is 1.30 bits per heavy atom. The predicted molar refractivity (Wildman–Crippen MR) is 97.0 cm³/mol. The average molecular weight is 386 g/mol. The van der Waals surface area contributed by atoms with Crippen LogP contribution < -0.4 is 0 Å². The van der Waals surface area contributed by atoms with Gasteiger partial charge in [0.25, 0.3) is 0 Å². The van der Waals surface area contributed by atoms with Gasteiger partial charge in [-0.25, -0.2) is 4.79 Å². The Morgan fingerprint density at radius 3 is 2.63 bits per heavy atom. The van der Waals surface area contributed by atoms with E-state index in [0.29, 0.717) is 16.9 Å². The molecule has 27 heavy (non-hydrogen) atoms. The summed E-state index contributed by atoms with van der Waals surface area (Å²) in [6.45, 7) is 5.17. The highest BCUT2D eigenvalue weighted by Gasteiger charge is 2.36. The number of nitro groups is 1. The summed E-state index contributed by atoms with van der Waals surface area (Å²) >= 11 is 0.647. The van der Waals surface area contributed by atoms with Gasteiger partial charge < -0.3 is 4.74 Å². The molecular weight excluding hydrogens is 372 g/mol. The number of carbonyl (C=O) groups is 3. The van der Waals surface area contributed by atoms with Crippen LogP contribution in [0.25, 0.3) is 6.08 Å². The number of thiophene rings is 1. The van der Waals surface area contributed by atoms with Crippen molar-refractivity contribution in [2.75, 3.05) is 0 Å². The number of aromatic nitrogens is 1. The molecule has 0 unspecified atom stereocenters. The first kappa shape index (κ1) is 18.6. The first-order valence-electron chi connectivity index (χ1n) is 7.86. The summed E-state index contributed by atoms with van der Waals surface area (Å²) < 4.78 is 5.17. The molecule has 0 aliphatic heterocycles. The molecule has 2 heterocycles. The minimum Gasteiger partial charge on any atom is -0.457 e. The molecule has 0 saturated carbocycles. The van der Waals surface area contributed by atoms with Crippen LogP contribution in [0.4, 0.5) is 5.00 Å². The Bertz CT molecular complexity index is 1030. The standard InChI is InChI=1S/C18H14N2O6S/c1-18(2,3)26-12(21)5-4-9-6-7-19-14-13(9)16(23)17-10(15(14)22)8-11(27-17)20(24)25/h4-8H,1-3H3/b5-4-. The fraction of sp³-hybridized carbons (Fsp3) is 0.222. The van der Waals surface area contributed by atoms with Gasteiger partial charge in [-0.2, -0.15) is 0 Å². The van der Waals surface area contributed by atoms with Crippen LogP contribution in [-0.4, -0.2) is 33.0 Å². The third kappa shape index (κ3) is 3.54. The molecule has 138 valence electrons. The van der Waals surface area contributed by atoms with Gasteiger partial charge in [-0.1, -0.05) is 11.3 Å². The molecule has 0 fully saturated rings. The number of ether oxygens (including phenoxy) is 1. The monoisotopic (exact) mass is 386 g/mol. The topological polar surface area (TPSA) is 116 Å². The maximum absolute atomic E-state index is 12.8. The Labute approximate surface area is 157 Å². The molecule has 1 aliphatic carbocycles. The van der Waals surface area contributed by atoms with Crippen LogP contribution in [0.3, 0.4) is 0 Å². The molecule has 0 atom stereocenters. The highest BCUT2D eigenvalue weighted by molar-refractivity contribution is 7.18. The second kappa shape index (κ2) is 6.51. The lowest BCUT2D eigenvalue weighted by molar-refractivity contribution is -0.380. The normalized spacial score (nSPS) is 13.4. The fourth-order valence-electron chi connectivity index (χ4n) is 2.57. The molecule has 2 aromatic heterocycles. The number of carbonyl (C=O) groups excluding carboxylic acids is 3. The molecule has 0 N–H and O–H groups in total. The largest absolute Gasteiger partial charge is 0.457 e. The van der Waals surface area contributed by atoms with E-state index in [1.807, 2.05) is 0 Å². The van der Waals surface area contributed by atoms with Crippen molar-refractivity contribution in [2.24, 2.45) is 0 Å². The first-order valence-corrected chi connectivity index (χ1v) is 8.68. The molecule has 0 radical (unpaired) electrons. The molecule has 0 spiro atoms. The number of esters is 1. The summed E-state index contributed by atoms with van der Waals surface area (Å²) in [6, 6.07) is 2.58. The van der Waals surface area contributed by atoms with Crippen molar-refractivity contribution in [1.82, 2.24) is 4.98 Å². The van der Waals surface area contributed by atoms with Gasteiger partial charge in [0, 0.05) is 18.3 Å². The summed E-state index contributed by atoms with van der Waals surface area (Å²) in [5.41, 5.74) is -0.454. The van der Waals surface area contributed by atoms with Crippen LogP contribution in [0.15, 0.2) is 24.4 Å². The third-order valence-electron chi connectivity index (χ3n) is 3.58. The zero-order valence-electron chi connectivity index (χ0n) is 14.6. The number of rotatable bonds is 3. The molecule has 0 saturated heterocycles. The van der Waals surface area contributed by atoms with Gasteiger partial charge in [-0.3, -0.25) is 24.7 Å². The van der Waals surface area contributed by atoms with Crippen LogP contribution in [0, 0.1) is 10.1 Å². The van der Waals surface area contributed by atoms with Crippen molar-refractivity contribution in [2.45, 2.75) is 26.4 Å². The van der Waals surface area contributed by atoms with Gasteiger partial charge in [0.1, 0.15) is 11.3 Å². The third-order valence-corrected chi connectivity index (χ3v) is 4.67. The van der Waals surface area contributed by atoms with E-state index in [1.165, 1.54) is 18.3 Å². The number of nitrogens with zero attached hydrogens (tertiary/aromatic N) is 2. The SMILES string of the molecule is CC(C)(C)OC(=O)/C=C\c1ccnc2c1C(=O)c1sc([N+](=O)[O-])cc1C2=O. The summed E-state index contributed by atoms with van der Waals surface area (Å²) in [4.78, 5) is 51.6. The number of hydrogen-bond acceptors (Lipinski definition) is 8. The molecule has 0 bridgehead atoms. The molecule has 0 amide bonds. The van der Waals surface area contributed by atoms with E-state index >= 15 is 0 Å². The molecule has 9 heteroatoms. The van der Waals surface area contributed by atoms with Crippen molar-refractivity contribution in [3.63, 3.8) is 0 Å². The van der Waals surface area contributed by atoms with Crippen LogP contribution in [0.1, 0.15) is 57.6 Å². The van der Waals surface area contributed by atoms with Gasteiger partial charge in [-0.15, -0.1) is 0 Å². The smallest absolute Gasteiger partial charge is 0.331 e. The predicted octanol–water partition coefficient (Wildman–Crippen LogP) is 3.18. The molecule has 2 aromatic rings. The molecule has 1 aliphatic rings. The number of hydrogen-bond donors (Lipinski definition) is 0. The van der Waals surface area contributed by atoms with Crippen LogP contribution in [0.2, 0.25) is 0 Å². The van der Waals surface area contributed by atoms with Crippen molar-refractivity contribution >= 4 is 39.9 Å². The average Bonchev–Trinajstić information content (AvgIpc) is 3.02. The molecule has 3 rings (SSSR count). The lowest BCUT2D eigenvalue weighted by Gasteiger charge is -2.18. The maximum Gasteiger partial charge on any atom is 0.331 e. The van der Waals surface area contributed by atoms with Gasteiger partial charge in [0.15, 0.2) is 0 Å². The Morgan fingerprint density at radius 2 is 2.00 bits per heavy atom. The Hall–Kier alpha value is -3.20. The van der Waals surface area contributed by atoms with E-state index in [9.17, 15) is 24.5 Å². The summed E-state index contributed by atoms with van der Waals surface area (Å²) in [5, 5.41) is 10.7. The lowest BCUT2D eigenvalue weighted by Crippen LogP contribution is -2.23. The van der Waals surface area contributed by atoms with Gasteiger partial charge in [0.05, 0.1) is 20.9 Å². The zero-order valence-corrected chi connectivity index (χ0v) is 15.5. The fourth-order valence-corrected chi connectivity index (χ4v) is 3.48. The van der Waals surface area contributed by atoms with Crippen LogP contribution in [0.5, 0.6) is 0 Å². The quantitative estimate of drug-likeness (QED) is 0.294. The maximum atomic E-state index is 12.8. The summed E-state index contributed by atoms with van der Waals surface area (Å²) in [7, 11) is 0. The van der Waals surface area contributed by atoms with Gasteiger partial charge >= 0.3 is 11.0 Å². The minimum atomic E-state index is -0.671. The van der Waals surface area contributed by atoms with E-state index in [0.717, 1.165) is 12.1 Å². The Balaban J connectivity index is 2.03. The highest BCUT2D eigenvalue weighted by Crippen LogP contribution is 2.37. The van der Waals surface area contributed by atoms with E-state index in [-0.39, 0.29) is 26.7 Å². The number of pyridine rings is 1. The molecular formula is C18H14N2O6S. The summed E-state index contributed by atoms with van der Waals surface area (Å²) in [6.07, 6.45) is 3.86. The van der Waals surface area contributed by atoms with Crippen molar-refractivity contribution < 1.29 is 24.0 Å². The first-order chi connectivity index (χ1) is 12.6. The zero-order chi connectivity index (χ0) is 19.9. The van der Waals surface area contributed by atoms with Crippen LogP contribution >= 0.6 is 11.3 Å². The number of ketones is 2.